The van der Waals surface area contributed by atoms with Crippen LogP contribution in [-0.4, -0.2) is 60.5 Å². The molecule has 0 aliphatic rings. The molecule has 0 fully saturated rings. The molecule has 1 heterocycles. The van der Waals surface area contributed by atoms with Gasteiger partial charge in [-0.3, -0.25) is 9.59 Å². The summed E-state index contributed by atoms with van der Waals surface area (Å²) in [5.41, 5.74) is 3.42. The molecule has 2 rings (SSSR count). The van der Waals surface area contributed by atoms with E-state index < -0.39 is 12.0 Å². The van der Waals surface area contributed by atoms with Gasteiger partial charge in [0.1, 0.15) is 5.69 Å². The maximum Gasteiger partial charge on any atom is 0.355 e. The minimum Gasteiger partial charge on any atom is -0.461 e. The number of Topliss-reactive ketones (excluding diaryl/α,β-unsaturated/α-hetero) is 1. The first-order valence-corrected chi connectivity index (χ1v) is 10.6. The van der Waals surface area contributed by atoms with E-state index in [9.17, 15) is 14.4 Å². The van der Waals surface area contributed by atoms with Gasteiger partial charge in [-0.25, -0.2) is 4.79 Å². The number of nitrogens with one attached hydrogen (secondary N) is 1. The molecule has 0 saturated carbocycles. The molecule has 0 unspecified atom stereocenters. The molecule has 0 spiro atoms. The third-order valence-electron chi connectivity index (χ3n) is 5.42. The van der Waals surface area contributed by atoms with E-state index in [0.717, 1.165) is 12.0 Å². The van der Waals surface area contributed by atoms with Crippen molar-refractivity contribution < 1.29 is 23.9 Å². The molecule has 1 N–H and O–H groups in total. The fourth-order valence-electron chi connectivity index (χ4n) is 3.59. The number of esters is 1. The molecule has 0 radical (unpaired) electrons. The highest BCUT2D eigenvalue weighted by Gasteiger charge is 2.31. The van der Waals surface area contributed by atoms with Crippen molar-refractivity contribution in [2.24, 2.45) is 0 Å². The zero-order valence-electron chi connectivity index (χ0n) is 19.2. The Hall–Kier alpha value is -2.93. The van der Waals surface area contributed by atoms with E-state index in [-0.39, 0.29) is 30.5 Å². The zero-order valence-corrected chi connectivity index (χ0v) is 19.2. The lowest BCUT2D eigenvalue weighted by atomic mass is 9.99. The van der Waals surface area contributed by atoms with Gasteiger partial charge in [0.15, 0.2) is 5.78 Å². The Kier molecular flexibility index (Phi) is 8.56. The number of ketones is 1. The van der Waals surface area contributed by atoms with E-state index in [1.807, 2.05) is 12.1 Å². The number of carbonyl (C=O) groups excluding carboxylic acids is 3. The number of rotatable bonds is 10. The van der Waals surface area contributed by atoms with Crippen molar-refractivity contribution in [2.45, 2.75) is 47.1 Å². The maximum absolute atomic E-state index is 13.4. The van der Waals surface area contributed by atoms with Gasteiger partial charge in [0.2, 0.25) is 0 Å². The lowest BCUT2D eigenvalue weighted by molar-refractivity contribution is 0.0518. The first-order chi connectivity index (χ1) is 14.8. The highest BCUT2D eigenvalue weighted by molar-refractivity contribution is 6.07. The quantitative estimate of drug-likeness (QED) is 0.460. The van der Waals surface area contributed by atoms with Crippen LogP contribution in [0.4, 0.5) is 0 Å². The smallest absolute Gasteiger partial charge is 0.355 e. The van der Waals surface area contributed by atoms with Crippen molar-refractivity contribution in [3.8, 4) is 0 Å². The molecule has 1 amide bonds. The van der Waals surface area contributed by atoms with Crippen LogP contribution in [0.15, 0.2) is 24.3 Å². The number of aryl methyl sites for hydroxylation is 2. The van der Waals surface area contributed by atoms with Crippen LogP contribution in [0, 0.1) is 13.8 Å². The van der Waals surface area contributed by atoms with Crippen LogP contribution in [-0.2, 0) is 15.9 Å². The topological polar surface area (TPSA) is 88.7 Å². The third-order valence-corrected chi connectivity index (χ3v) is 5.42. The Balaban J connectivity index is 2.36. The minimum absolute atomic E-state index is 0.239. The van der Waals surface area contributed by atoms with Crippen LogP contribution in [0.25, 0.3) is 0 Å². The molecule has 1 aromatic carbocycles. The van der Waals surface area contributed by atoms with E-state index in [0.29, 0.717) is 29.0 Å². The highest BCUT2D eigenvalue weighted by Crippen LogP contribution is 2.23. The number of hydrogen-bond acceptors (Lipinski definition) is 5. The van der Waals surface area contributed by atoms with E-state index >= 15 is 0 Å². The number of hydrogen-bond donors (Lipinski definition) is 1. The number of amides is 1. The Labute approximate surface area is 183 Å². The van der Waals surface area contributed by atoms with Gasteiger partial charge in [-0.05, 0) is 57.4 Å². The van der Waals surface area contributed by atoms with Crippen molar-refractivity contribution in [1.29, 1.82) is 0 Å². The molecule has 1 atom stereocenters. The molecule has 7 nitrogen and oxygen atoms in total. The van der Waals surface area contributed by atoms with Crippen LogP contribution in [0.1, 0.15) is 68.8 Å². The number of ether oxygens (including phenoxy) is 2. The van der Waals surface area contributed by atoms with Gasteiger partial charge in [-0.15, -0.1) is 0 Å². The van der Waals surface area contributed by atoms with Gasteiger partial charge in [0.05, 0.1) is 19.3 Å². The predicted molar refractivity (Wildman–Crippen MR) is 119 cm³/mol. The summed E-state index contributed by atoms with van der Waals surface area (Å²) in [6, 6.07) is 6.66. The zero-order chi connectivity index (χ0) is 23.1. The monoisotopic (exact) mass is 428 g/mol. The van der Waals surface area contributed by atoms with E-state index in [2.05, 4.69) is 11.9 Å². The molecule has 168 valence electrons. The lowest BCUT2D eigenvalue weighted by Crippen LogP contribution is -2.45. The predicted octanol–water partition coefficient (Wildman–Crippen LogP) is 3.73. The second-order valence-corrected chi connectivity index (χ2v) is 7.43. The molecule has 0 saturated heterocycles. The number of H-pyrrole nitrogens is 1. The molecule has 0 aliphatic carbocycles. The molecule has 0 aliphatic heterocycles. The highest BCUT2D eigenvalue weighted by atomic mass is 16.5. The largest absolute Gasteiger partial charge is 0.461 e. The molecular weight excluding hydrogens is 396 g/mol. The average Bonchev–Trinajstić information content (AvgIpc) is 3.07. The Bertz CT molecular complexity index is 930. The number of aromatic nitrogens is 1. The van der Waals surface area contributed by atoms with Crippen LogP contribution in [0.3, 0.4) is 0 Å². The van der Waals surface area contributed by atoms with Gasteiger partial charge in [0, 0.05) is 30.5 Å². The average molecular weight is 429 g/mol. The summed E-state index contributed by atoms with van der Waals surface area (Å²) < 4.78 is 10.2. The number of nitrogens with zero attached hydrogens (tertiary/aromatic N) is 1. The van der Waals surface area contributed by atoms with Gasteiger partial charge < -0.3 is 19.4 Å². The summed E-state index contributed by atoms with van der Waals surface area (Å²) in [6.07, 6.45) is 0.881. The molecule has 2 aromatic rings. The fourth-order valence-corrected chi connectivity index (χ4v) is 3.59. The summed E-state index contributed by atoms with van der Waals surface area (Å²) >= 11 is 0. The lowest BCUT2D eigenvalue weighted by Gasteiger charge is -2.28. The number of methoxy groups -OCH3 is 1. The van der Waals surface area contributed by atoms with Gasteiger partial charge in [-0.1, -0.05) is 19.1 Å². The second kappa shape index (κ2) is 10.9. The van der Waals surface area contributed by atoms with Crippen molar-refractivity contribution in [3.63, 3.8) is 0 Å². The Morgan fingerprint density at radius 3 is 2.29 bits per heavy atom. The number of benzene rings is 1. The second-order valence-electron chi connectivity index (χ2n) is 7.43. The van der Waals surface area contributed by atoms with E-state index in [1.165, 1.54) is 4.90 Å². The first-order valence-electron chi connectivity index (χ1n) is 10.6. The van der Waals surface area contributed by atoms with Crippen LogP contribution < -0.4 is 0 Å². The number of carbonyl (C=O) groups is 3. The van der Waals surface area contributed by atoms with E-state index in [1.54, 1.807) is 46.9 Å². The van der Waals surface area contributed by atoms with Crippen LogP contribution in [0.5, 0.6) is 0 Å². The standard InChI is InChI=1S/C24H32N2O5/c1-7-18-9-11-19(12-10-18)23(28)26(13-14-30-6)17(5)22(27)20-15(3)21(25-16(20)4)24(29)31-8-2/h9-12,17,25H,7-8,13-14H2,1-6H3/t17-/m1/s1. The van der Waals surface area contributed by atoms with Gasteiger partial charge >= 0.3 is 5.97 Å². The van der Waals surface area contributed by atoms with Crippen molar-refractivity contribution in [1.82, 2.24) is 9.88 Å². The molecule has 31 heavy (non-hydrogen) atoms. The van der Waals surface area contributed by atoms with E-state index in [4.69, 9.17) is 9.47 Å². The molecule has 1 aromatic heterocycles. The number of aromatic amines is 1. The Morgan fingerprint density at radius 2 is 1.74 bits per heavy atom. The summed E-state index contributed by atoms with van der Waals surface area (Å²) in [6.45, 7) is 9.73. The van der Waals surface area contributed by atoms with Crippen molar-refractivity contribution in [2.75, 3.05) is 26.9 Å². The Morgan fingerprint density at radius 1 is 1.10 bits per heavy atom. The van der Waals surface area contributed by atoms with Crippen LogP contribution in [0.2, 0.25) is 0 Å². The molecule has 7 heteroatoms. The van der Waals surface area contributed by atoms with Crippen LogP contribution >= 0.6 is 0 Å². The van der Waals surface area contributed by atoms with Crippen molar-refractivity contribution >= 4 is 17.7 Å². The SMILES string of the molecule is CCOC(=O)c1[nH]c(C)c(C(=O)[C@@H](C)N(CCOC)C(=O)c2ccc(CC)cc2)c1C. The minimum atomic E-state index is -0.739. The van der Waals surface area contributed by atoms with Gasteiger partial charge in [0.25, 0.3) is 5.91 Å². The first kappa shape index (κ1) is 24.3. The normalized spacial score (nSPS) is 11.8. The summed E-state index contributed by atoms with van der Waals surface area (Å²) in [7, 11) is 1.55. The maximum atomic E-state index is 13.4. The van der Waals surface area contributed by atoms with Gasteiger partial charge in [-0.2, -0.15) is 0 Å². The fraction of sp³-hybridized carbons (Fsp3) is 0.458. The molecular formula is C24H32N2O5. The molecule has 0 bridgehead atoms. The van der Waals surface area contributed by atoms with Crippen molar-refractivity contribution in [3.05, 3.63) is 57.9 Å². The third kappa shape index (κ3) is 5.41. The summed E-state index contributed by atoms with van der Waals surface area (Å²) in [4.78, 5) is 43.3. The summed E-state index contributed by atoms with van der Waals surface area (Å²) in [5, 5.41) is 0. The summed E-state index contributed by atoms with van der Waals surface area (Å²) in [5.74, 6) is -0.980.